The second-order valence-electron chi connectivity index (χ2n) is 2.42. The highest BCUT2D eigenvalue weighted by Gasteiger charge is 2.05. The Morgan fingerprint density at radius 3 is 2.92 bits per heavy atom. The molecule has 0 bridgehead atoms. The van der Waals surface area contributed by atoms with Gasteiger partial charge in [-0.25, -0.2) is 0 Å². The highest BCUT2D eigenvalue weighted by atomic mass is 16.5. The first kappa shape index (κ1) is 9.44. The van der Waals surface area contributed by atoms with Crippen LogP contribution in [0.4, 0.5) is 0 Å². The Balaban J connectivity index is 3.11. The number of H-pyrrole nitrogens is 1. The number of hydrogen-bond acceptors (Lipinski definition) is 4. The van der Waals surface area contributed by atoms with E-state index in [0.29, 0.717) is 6.61 Å². The van der Waals surface area contributed by atoms with Crippen molar-refractivity contribution in [2.75, 3.05) is 6.61 Å². The van der Waals surface area contributed by atoms with Gasteiger partial charge in [-0.3, -0.25) is 9.59 Å². The van der Waals surface area contributed by atoms with Gasteiger partial charge in [-0.05, 0) is 6.92 Å². The molecule has 1 aromatic heterocycles. The Morgan fingerprint density at radius 2 is 2.38 bits per heavy atom. The average molecular weight is 182 g/mol. The minimum Gasteiger partial charge on any atom is -0.478 e. The van der Waals surface area contributed by atoms with E-state index in [0.717, 1.165) is 0 Å². The topological polar surface area (TPSA) is 72.1 Å². The van der Waals surface area contributed by atoms with Crippen LogP contribution in [0.25, 0.3) is 0 Å². The monoisotopic (exact) mass is 182 g/mol. The summed E-state index contributed by atoms with van der Waals surface area (Å²) in [6.07, 6.45) is 0. The highest BCUT2D eigenvalue weighted by Crippen LogP contribution is 2.01. The Labute approximate surface area is 74.8 Å². The molecule has 1 aromatic rings. The third-order valence-corrected chi connectivity index (χ3v) is 1.34. The van der Waals surface area contributed by atoms with Crippen molar-refractivity contribution < 1.29 is 9.53 Å². The van der Waals surface area contributed by atoms with Crippen molar-refractivity contribution in [2.24, 2.45) is 0 Å². The van der Waals surface area contributed by atoms with Crippen molar-refractivity contribution in [3.05, 3.63) is 22.2 Å². The molecule has 5 nitrogen and oxygen atoms in total. The van der Waals surface area contributed by atoms with E-state index in [4.69, 9.17) is 4.74 Å². The molecule has 0 atom stereocenters. The number of aromatic nitrogens is 2. The van der Waals surface area contributed by atoms with Crippen LogP contribution in [0.5, 0.6) is 5.88 Å². The SMILES string of the molecule is CCOc1cc(=O)[nH]c(C(C)=O)n1. The lowest BCUT2D eigenvalue weighted by Crippen LogP contribution is -2.14. The maximum atomic E-state index is 11.0. The Hall–Kier alpha value is -1.65. The fraction of sp³-hybridized carbons (Fsp3) is 0.375. The van der Waals surface area contributed by atoms with Crippen molar-refractivity contribution in [1.29, 1.82) is 0 Å². The van der Waals surface area contributed by atoms with Crippen LogP contribution in [-0.4, -0.2) is 22.4 Å². The number of nitrogens with zero attached hydrogens (tertiary/aromatic N) is 1. The van der Waals surface area contributed by atoms with Crippen LogP contribution >= 0.6 is 0 Å². The van der Waals surface area contributed by atoms with Gasteiger partial charge in [-0.15, -0.1) is 0 Å². The Bertz CT molecular complexity index is 370. The zero-order chi connectivity index (χ0) is 9.84. The minimum atomic E-state index is -0.386. The minimum absolute atomic E-state index is 0.0240. The predicted octanol–water partition coefficient (Wildman–Crippen LogP) is 0.371. The molecule has 0 amide bonds. The molecule has 0 saturated heterocycles. The van der Waals surface area contributed by atoms with Gasteiger partial charge in [0, 0.05) is 6.92 Å². The van der Waals surface area contributed by atoms with Gasteiger partial charge in [0.05, 0.1) is 12.7 Å². The molecule has 0 saturated carbocycles. The predicted molar refractivity (Wildman–Crippen MR) is 46.0 cm³/mol. The third kappa shape index (κ3) is 2.40. The average Bonchev–Trinajstić information content (AvgIpc) is 2.03. The van der Waals surface area contributed by atoms with Crippen LogP contribution < -0.4 is 10.3 Å². The van der Waals surface area contributed by atoms with Gasteiger partial charge in [0.25, 0.3) is 5.56 Å². The molecule has 0 unspecified atom stereocenters. The number of nitrogens with one attached hydrogen (secondary N) is 1. The van der Waals surface area contributed by atoms with E-state index in [1.54, 1.807) is 6.92 Å². The van der Waals surface area contributed by atoms with Crippen LogP contribution in [-0.2, 0) is 0 Å². The van der Waals surface area contributed by atoms with E-state index < -0.39 is 0 Å². The summed E-state index contributed by atoms with van der Waals surface area (Å²) in [5.41, 5.74) is -0.386. The molecule has 0 aliphatic carbocycles. The molecule has 0 aromatic carbocycles. The maximum Gasteiger partial charge on any atom is 0.255 e. The quantitative estimate of drug-likeness (QED) is 0.685. The van der Waals surface area contributed by atoms with Crippen LogP contribution in [0.2, 0.25) is 0 Å². The van der Waals surface area contributed by atoms with Gasteiger partial charge >= 0.3 is 0 Å². The summed E-state index contributed by atoms with van der Waals surface area (Å²) < 4.78 is 4.99. The number of aromatic amines is 1. The second kappa shape index (κ2) is 3.84. The van der Waals surface area contributed by atoms with Crippen LogP contribution in [0, 0.1) is 0 Å². The molecular weight excluding hydrogens is 172 g/mol. The lowest BCUT2D eigenvalue weighted by Gasteiger charge is -2.01. The van der Waals surface area contributed by atoms with Crippen LogP contribution in [0.3, 0.4) is 0 Å². The molecule has 0 spiro atoms. The first-order valence-corrected chi connectivity index (χ1v) is 3.88. The van der Waals surface area contributed by atoms with Crippen molar-refractivity contribution in [3.63, 3.8) is 0 Å². The first-order valence-electron chi connectivity index (χ1n) is 3.88. The number of carbonyl (C=O) groups is 1. The maximum absolute atomic E-state index is 11.0. The summed E-state index contributed by atoms with van der Waals surface area (Å²) in [4.78, 5) is 27.9. The summed E-state index contributed by atoms with van der Waals surface area (Å²) in [6.45, 7) is 3.51. The number of hydrogen-bond donors (Lipinski definition) is 1. The van der Waals surface area contributed by atoms with E-state index in [1.165, 1.54) is 13.0 Å². The molecule has 0 aliphatic rings. The second-order valence-corrected chi connectivity index (χ2v) is 2.42. The van der Waals surface area contributed by atoms with E-state index in [1.807, 2.05) is 0 Å². The van der Waals surface area contributed by atoms with Gasteiger partial charge in [-0.2, -0.15) is 4.98 Å². The van der Waals surface area contributed by atoms with E-state index in [2.05, 4.69) is 9.97 Å². The molecule has 0 aliphatic heterocycles. The van der Waals surface area contributed by atoms with E-state index >= 15 is 0 Å². The largest absolute Gasteiger partial charge is 0.478 e. The number of ether oxygens (including phenoxy) is 1. The molecule has 1 rings (SSSR count). The van der Waals surface area contributed by atoms with Gasteiger partial charge in [-0.1, -0.05) is 0 Å². The van der Waals surface area contributed by atoms with Gasteiger partial charge in [0.1, 0.15) is 0 Å². The molecule has 70 valence electrons. The van der Waals surface area contributed by atoms with Crippen molar-refractivity contribution in [1.82, 2.24) is 9.97 Å². The summed E-state index contributed by atoms with van der Waals surface area (Å²) >= 11 is 0. The normalized spacial score (nSPS) is 9.69. The van der Waals surface area contributed by atoms with Crippen LogP contribution in [0.1, 0.15) is 24.5 Å². The highest BCUT2D eigenvalue weighted by molar-refractivity contribution is 5.90. The lowest BCUT2D eigenvalue weighted by atomic mass is 10.4. The molecule has 13 heavy (non-hydrogen) atoms. The first-order chi connectivity index (χ1) is 6.13. The molecule has 1 N–H and O–H groups in total. The summed E-state index contributed by atoms with van der Waals surface area (Å²) in [6, 6.07) is 1.20. The van der Waals surface area contributed by atoms with Gasteiger partial charge in [0.2, 0.25) is 5.88 Å². The number of ketones is 1. The number of carbonyl (C=O) groups excluding carboxylic acids is 1. The Morgan fingerprint density at radius 1 is 1.69 bits per heavy atom. The number of Topliss-reactive ketones (excluding diaryl/α,β-unsaturated/α-hetero) is 1. The van der Waals surface area contributed by atoms with E-state index in [-0.39, 0.29) is 23.0 Å². The van der Waals surface area contributed by atoms with Crippen molar-refractivity contribution >= 4 is 5.78 Å². The zero-order valence-electron chi connectivity index (χ0n) is 7.46. The lowest BCUT2D eigenvalue weighted by molar-refractivity contribution is 0.100. The molecular formula is C8H10N2O3. The van der Waals surface area contributed by atoms with Crippen LogP contribution in [0.15, 0.2) is 10.9 Å². The third-order valence-electron chi connectivity index (χ3n) is 1.34. The zero-order valence-corrected chi connectivity index (χ0v) is 7.46. The standard InChI is InChI=1S/C8H10N2O3/c1-3-13-7-4-6(12)9-8(10-7)5(2)11/h4H,3H2,1-2H3,(H,9,10,12). The smallest absolute Gasteiger partial charge is 0.255 e. The van der Waals surface area contributed by atoms with E-state index in [9.17, 15) is 9.59 Å². The fourth-order valence-electron chi connectivity index (χ4n) is 0.824. The van der Waals surface area contributed by atoms with Gasteiger partial charge < -0.3 is 9.72 Å². The molecule has 1 heterocycles. The summed E-state index contributed by atoms with van der Waals surface area (Å²) in [7, 11) is 0. The molecule has 0 fully saturated rings. The molecule has 0 radical (unpaired) electrons. The van der Waals surface area contributed by atoms with Crippen molar-refractivity contribution in [2.45, 2.75) is 13.8 Å². The molecule has 5 heteroatoms. The summed E-state index contributed by atoms with van der Waals surface area (Å²) in [5.74, 6) is -0.0916. The summed E-state index contributed by atoms with van der Waals surface area (Å²) in [5, 5.41) is 0. The van der Waals surface area contributed by atoms with Crippen molar-refractivity contribution in [3.8, 4) is 5.88 Å². The fourth-order valence-corrected chi connectivity index (χ4v) is 0.824. The van der Waals surface area contributed by atoms with Gasteiger partial charge in [0.15, 0.2) is 11.6 Å². The number of rotatable bonds is 3. The Kier molecular flexibility index (Phi) is 2.79.